The van der Waals surface area contributed by atoms with Crippen molar-refractivity contribution in [3.8, 4) is 0 Å². The fourth-order valence-electron chi connectivity index (χ4n) is 2.34. The molecule has 0 saturated heterocycles. The van der Waals surface area contributed by atoms with Gasteiger partial charge in [-0.2, -0.15) is 14.5 Å². The first-order chi connectivity index (χ1) is 10.1. The van der Waals surface area contributed by atoms with Crippen LogP contribution in [-0.4, -0.2) is 15.2 Å². The minimum absolute atomic E-state index is 0. The molecule has 1 aromatic carbocycles. The lowest BCUT2D eigenvalue weighted by atomic mass is 10.1. The maximum atomic E-state index is 13.8. The molecule has 0 aliphatic heterocycles. The zero-order valence-electron chi connectivity index (χ0n) is 12.5. The number of fused-ring (bicyclic) bond motifs is 1. The molecule has 0 aliphatic carbocycles. The minimum atomic E-state index is -0.372. The fourth-order valence-corrected chi connectivity index (χ4v) is 2.34. The van der Waals surface area contributed by atoms with Gasteiger partial charge >= 0.3 is 0 Å². The number of nitrogens with one attached hydrogen (secondary N) is 1. The molecule has 6 heteroatoms. The monoisotopic (exact) mass is 320 g/mol. The predicted molar refractivity (Wildman–Crippen MR) is 79.7 cm³/mol. The number of hydrogen-bond acceptors (Lipinski definition) is 2. The zero-order chi connectivity index (χ0) is 14.8. The first-order valence-electron chi connectivity index (χ1n) is 7.05. The average Bonchev–Trinajstić information content (AvgIpc) is 2.92. The number of aromatic amines is 1. The summed E-state index contributed by atoms with van der Waals surface area (Å²) in [5.74, 6) is 0.443. The molecule has 0 atom stereocenters. The van der Waals surface area contributed by atoms with Crippen molar-refractivity contribution in [3.05, 3.63) is 53.6 Å². The molecule has 0 saturated carbocycles. The average molecular weight is 321 g/mol. The largest absolute Gasteiger partial charge is 1.00 e. The van der Waals surface area contributed by atoms with Crippen molar-refractivity contribution in [2.24, 2.45) is 0 Å². The van der Waals surface area contributed by atoms with Crippen molar-refractivity contribution < 1.29 is 22.1 Å². The summed E-state index contributed by atoms with van der Waals surface area (Å²) in [4.78, 5) is 4.02. The highest BCUT2D eigenvalue weighted by Crippen LogP contribution is 2.17. The van der Waals surface area contributed by atoms with E-state index in [0.717, 1.165) is 16.5 Å². The molecule has 2 heterocycles. The van der Waals surface area contributed by atoms with Crippen LogP contribution in [0.25, 0.3) is 10.9 Å². The molecule has 0 amide bonds. The van der Waals surface area contributed by atoms with Crippen LogP contribution in [0.5, 0.6) is 0 Å². The van der Waals surface area contributed by atoms with Gasteiger partial charge in [0.2, 0.25) is 11.8 Å². The van der Waals surface area contributed by atoms with E-state index in [4.69, 9.17) is 0 Å². The molecule has 0 fully saturated rings. The third-order valence-corrected chi connectivity index (χ3v) is 3.57. The smallest absolute Gasteiger partial charge is 0.227 e. The van der Waals surface area contributed by atoms with Gasteiger partial charge in [0.1, 0.15) is 6.54 Å². The van der Waals surface area contributed by atoms with E-state index in [1.54, 1.807) is 6.20 Å². The standard InChI is InChI=1S/C16H17FN4.ClH/c1-10(2)13-5-6-15(20-16(13)17)18-8-11-3-4-12-9-19-21-14(12)7-11;/h3-7,9-10H,8H2,1-2H3,(H,18,20)(H,19,21);1H. The number of rotatable bonds is 4. The van der Waals surface area contributed by atoms with Crippen LogP contribution in [0.15, 0.2) is 36.5 Å². The normalized spacial score (nSPS) is 10.9. The lowest BCUT2D eigenvalue weighted by Gasteiger charge is -2.07. The molecule has 3 aromatic rings. The van der Waals surface area contributed by atoms with Gasteiger partial charge in [-0.1, -0.05) is 26.0 Å². The number of halogens is 2. The van der Waals surface area contributed by atoms with Crippen molar-refractivity contribution in [2.45, 2.75) is 26.3 Å². The lowest BCUT2D eigenvalue weighted by molar-refractivity contribution is -0.592. The summed E-state index contributed by atoms with van der Waals surface area (Å²) in [5, 5.41) is 9.97. The molecule has 0 unspecified atom stereocenters. The van der Waals surface area contributed by atoms with Crippen LogP contribution in [-0.2, 0) is 6.54 Å². The zero-order valence-corrected chi connectivity index (χ0v) is 13.2. The van der Waals surface area contributed by atoms with Gasteiger partial charge in [-0.25, -0.2) is 0 Å². The quantitative estimate of drug-likeness (QED) is 0.644. The number of benzene rings is 1. The van der Waals surface area contributed by atoms with Crippen LogP contribution in [0.3, 0.4) is 0 Å². The Kier molecular flexibility index (Phi) is 5.11. The van der Waals surface area contributed by atoms with E-state index in [9.17, 15) is 4.39 Å². The minimum Gasteiger partial charge on any atom is -1.00 e. The van der Waals surface area contributed by atoms with E-state index < -0.39 is 0 Å². The highest BCUT2D eigenvalue weighted by atomic mass is 35.5. The van der Waals surface area contributed by atoms with E-state index >= 15 is 0 Å². The SMILES string of the molecule is CC(C)c1ccc([NH2+]Cc2ccc3cn[nH]c3c2)nc1F.[Cl-]. The van der Waals surface area contributed by atoms with Gasteiger partial charge in [0.25, 0.3) is 0 Å². The van der Waals surface area contributed by atoms with Crippen molar-refractivity contribution in [1.82, 2.24) is 15.2 Å². The van der Waals surface area contributed by atoms with E-state index in [1.165, 1.54) is 0 Å². The Labute approximate surface area is 134 Å². The van der Waals surface area contributed by atoms with Crippen LogP contribution in [0.4, 0.5) is 10.2 Å². The molecular formula is C16H18ClFN4. The summed E-state index contributed by atoms with van der Waals surface area (Å²) in [6.45, 7) is 4.63. The summed E-state index contributed by atoms with van der Waals surface area (Å²) in [6, 6.07) is 9.81. The number of hydrogen-bond donors (Lipinski definition) is 2. The second-order valence-corrected chi connectivity index (χ2v) is 5.47. The Morgan fingerprint density at radius 3 is 2.77 bits per heavy atom. The summed E-state index contributed by atoms with van der Waals surface area (Å²) in [6.07, 6.45) is 1.80. The Hall–Kier alpha value is -1.98. The summed E-state index contributed by atoms with van der Waals surface area (Å²) < 4.78 is 13.8. The number of aromatic nitrogens is 3. The van der Waals surface area contributed by atoms with Gasteiger partial charge in [-0.05, 0) is 18.1 Å². The topological polar surface area (TPSA) is 58.2 Å². The van der Waals surface area contributed by atoms with E-state index in [2.05, 4.69) is 21.2 Å². The van der Waals surface area contributed by atoms with Crippen molar-refractivity contribution in [2.75, 3.05) is 0 Å². The molecule has 2 aromatic heterocycles. The number of pyridine rings is 1. The molecule has 3 N–H and O–H groups in total. The van der Waals surface area contributed by atoms with Crippen LogP contribution < -0.4 is 17.7 Å². The molecule has 0 spiro atoms. The molecule has 3 rings (SSSR count). The number of H-pyrrole nitrogens is 1. The molecule has 116 valence electrons. The Morgan fingerprint density at radius 2 is 2.05 bits per heavy atom. The van der Waals surface area contributed by atoms with Gasteiger partial charge in [0, 0.05) is 22.6 Å². The summed E-state index contributed by atoms with van der Waals surface area (Å²) in [7, 11) is 0. The predicted octanol–water partition coefficient (Wildman–Crippen LogP) is -0.380. The van der Waals surface area contributed by atoms with Gasteiger partial charge in [-0.15, -0.1) is 0 Å². The molecule has 22 heavy (non-hydrogen) atoms. The fraction of sp³-hybridized carbons (Fsp3) is 0.250. The van der Waals surface area contributed by atoms with Crippen molar-refractivity contribution in [3.63, 3.8) is 0 Å². The van der Waals surface area contributed by atoms with Gasteiger partial charge in [0.15, 0.2) is 0 Å². The third-order valence-electron chi connectivity index (χ3n) is 3.57. The molecule has 0 bridgehead atoms. The van der Waals surface area contributed by atoms with Crippen molar-refractivity contribution in [1.29, 1.82) is 0 Å². The first-order valence-corrected chi connectivity index (χ1v) is 7.05. The van der Waals surface area contributed by atoms with E-state index in [-0.39, 0.29) is 24.3 Å². The van der Waals surface area contributed by atoms with Gasteiger partial charge in [-0.3, -0.25) is 10.4 Å². The number of nitrogens with zero attached hydrogens (tertiary/aromatic N) is 2. The van der Waals surface area contributed by atoms with Gasteiger partial charge < -0.3 is 12.4 Å². The summed E-state index contributed by atoms with van der Waals surface area (Å²) in [5.41, 5.74) is 2.81. The van der Waals surface area contributed by atoms with Crippen LogP contribution in [0.2, 0.25) is 0 Å². The number of nitrogens with two attached hydrogens (primary N) is 1. The van der Waals surface area contributed by atoms with E-state index in [1.807, 2.05) is 43.4 Å². The second-order valence-electron chi connectivity index (χ2n) is 5.47. The van der Waals surface area contributed by atoms with Crippen molar-refractivity contribution >= 4 is 16.7 Å². The summed E-state index contributed by atoms with van der Waals surface area (Å²) >= 11 is 0. The molecule has 0 aliphatic rings. The molecule has 4 nitrogen and oxygen atoms in total. The van der Waals surface area contributed by atoms with Crippen LogP contribution in [0.1, 0.15) is 30.9 Å². The maximum absolute atomic E-state index is 13.8. The highest BCUT2D eigenvalue weighted by Gasteiger charge is 2.10. The molecule has 0 radical (unpaired) electrons. The van der Waals surface area contributed by atoms with Crippen LogP contribution >= 0.6 is 0 Å². The Morgan fingerprint density at radius 1 is 1.23 bits per heavy atom. The van der Waals surface area contributed by atoms with Crippen LogP contribution in [0, 0.1) is 5.95 Å². The Balaban J connectivity index is 0.00000176. The number of quaternary nitrogens is 1. The lowest BCUT2D eigenvalue weighted by Crippen LogP contribution is -3.00. The second kappa shape index (κ2) is 6.85. The highest BCUT2D eigenvalue weighted by molar-refractivity contribution is 5.78. The van der Waals surface area contributed by atoms with E-state index in [0.29, 0.717) is 17.9 Å². The first kappa shape index (κ1) is 16.4. The van der Waals surface area contributed by atoms with Gasteiger partial charge in [0.05, 0.1) is 11.7 Å². The Bertz CT molecular complexity index is 770. The molecular weight excluding hydrogens is 303 g/mol. The maximum Gasteiger partial charge on any atom is 0.227 e. The third kappa shape index (κ3) is 3.43.